The molecule has 1 aromatic carbocycles. The highest BCUT2D eigenvalue weighted by atomic mass is 19.4. The number of Topliss-reactive ketones (excluding diaryl/α,β-unsaturated/α-hetero) is 1. The van der Waals surface area contributed by atoms with Crippen LogP contribution in [0.3, 0.4) is 0 Å². The molecule has 0 saturated carbocycles. The van der Waals surface area contributed by atoms with Gasteiger partial charge in [-0.1, -0.05) is 13.8 Å². The molecular weight excluding hydrogens is 444 g/mol. The fourth-order valence-electron chi connectivity index (χ4n) is 4.57. The molecule has 2 aliphatic rings. The van der Waals surface area contributed by atoms with Gasteiger partial charge in [0, 0.05) is 37.4 Å². The Morgan fingerprint density at radius 1 is 1.27 bits per heavy atom. The third-order valence-corrected chi connectivity index (χ3v) is 6.05. The molecular formula is C22H26F4N4O3. The van der Waals surface area contributed by atoms with E-state index < -0.39 is 40.7 Å². The van der Waals surface area contributed by atoms with Gasteiger partial charge < -0.3 is 20.9 Å². The number of halogens is 4. The molecule has 1 aliphatic carbocycles. The number of aromatic nitrogens is 2. The summed E-state index contributed by atoms with van der Waals surface area (Å²) in [5.74, 6) is -1.54. The van der Waals surface area contributed by atoms with Crippen molar-refractivity contribution in [3.63, 3.8) is 0 Å². The van der Waals surface area contributed by atoms with Crippen LogP contribution < -0.4 is 11.1 Å². The minimum absolute atomic E-state index is 0.00343. The number of nitrogens with zero attached hydrogens (tertiary/aromatic N) is 2. The van der Waals surface area contributed by atoms with Gasteiger partial charge in [-0.15, -0.1) is 0 Å². The number of aliphatic hydroxyl groups is 1. The molecule has 1 aromatic heterocycles. The van der Waals surface area contributed by atoms with E-state index in [-0.39, 0.29) is 41.5 Å². The number of alkyl halides is 3. The van der Waals surface area contributed by atoms with E-state index >= 15 is 4.39 Å². The number of carbonyl (C=O) groups is 1. The molecule has 1 unspecified atom stereocenters. The van der Waals surface area contributed by atoms with Crippen LogP contribution in [0.2, 0.25) is 0 Å². The summed E-state index contributed by atoms with van der Waals surface area (Å²) < 4.78 is 62.6. The standard InChI is InChI=1S/C22H26F4N4O3/c1-21(2)9-15-18(16(31)10-21)19(22(24,25)26)29-30(15)12-7-13(23)17(20(27)32)14(8-12)28-11-3-5-33-6-4-11/h7-8,11,20,28,32H,3-6,9-10,27H2,1-2H3. The Labute approximate surface area is 187 Å². The van der Waals surface area contributed by atoms with Gasteiger partial charge in [-0.3, -0.25) is 4.79 Å². The lowest BCUT2D eigenvalue weighted by atomic mass is 9.75. The third kappa shape index (κ3) is 4.62. The molecule has 1 saturated heterocycles. The van der Waals surface area contributed by atoms with Gasteiger partial charge in [-0.25, -0.2) is 9.07 Å². The van der Waals surface area contributed by atoms with Gasteiger partial charge >= 0.3 is 6.18 Å². The van der Waals surface area contributed by atoms with Gasteiger partial charge in [0.2, 0.25) is 0 Å². The highest BCUT2D eigenvalue weighted by Crippen LogP contribution is 2.42. The van der Waals surface area contributed by atoms with Crippen LogP contribution >= 0.6 is 0 Å². The number of nitrogens with one attached hydrogen (secondary N) is 1. The molecule has 180 valence electrons. The number of aliphatic hydroxyl groups excluding tert-OH is 1. The van der Waals surface area contributed by atoms with E-state index in [9.17, 15) is 23.1 Å². The van der Waals surface area contributed by atoms with E-state index in [1.165, 1.54) is 6.07 Å². The molecule has 0 amide bonds. The molecule has 4 N–H and O–H groups in total. The first-order valence-electron chi connectivity index (χ1n) is 10.7. The highest BCUT2D eigenvalue weighted by Gasteiger charge is 2.45. The van der Waals surface area contributed by atoms with Crippen molar-refractivity contribution in [3.05, 3.63) is 40.5 Å². The maximum absolute atomic E-state index is 15.1. The Balaban J connectivity index is 1.88. The Kier molecular flexibility index (Phi) is 6.00. The molecule has 2 heterocycles. The zero-order valence-corrected chi connectivity index (χ0v) is 18.3. The first-order valence-corrected chi connectivity index (χ1v) is 10.7. The number of hydrogen-bond donors (Lipinski definition) is 3. The Morgan fingerprint density at radius 3 is 2.55 bits per heavy atom. The summed E-state index contributed by atoms with van der Waals surface area (Å²) in [6, 6.07) is 2.28. The molecule has 33 heavy (non-hydrogen) atoms. The summed E-state index contributed by atoms with van der Waals surface area (Å²) in [5.41, 5.74) is 3.29. The maximum atomic E-state index is 15.1. The monoisotopic (exact) mass is 470 g/mol. The molecule has 7 nitrogen and oxygen atoms in total. The van der Waals surface area contributed by atoms with Crippen molar-refractivity contribution in [2.24, 2.45) is 11.1 Å². The summed E-state index contributed by atoms with van der Waals surface area (Å²) in [4.78, 5) is 12.7. The summed E-state index contributed by atoms with van der Waals surface area (Å²) >= 11 is 0. The first-order chi connectivity index (χ1) is 15.4. The fourth-order valence-corrected chi connectivity index (χ4v) is 4.57. The Hall–Kier alpha value is -2.50. The molecule has 0 radical (unpaired) electrons. The van der Waals surface area contributed by atoms with Gasteiger partial charge in [-0.2, -0.15) is 18.3 Å². The largest absolute Gasteiger partial charge is 0.435 e. The van der Waals surface area contributed by atoms with Crippen LogP contribution in [0.1, 0.15) is 66.6 Å². The SMILES string of the molecule is CC1(C)CC(=O)c2c(C(F)(F)F)nn(-c3cc(F)c(C(N)O)c(NC4CCOCC4)c3)c2C1. The van der Waals surface area contributed by atoms with Crippen molar-refractivity contribution < 1.29 is 32.2 Å². The van der Waals surface area contributed by atoms with Crippen LogP contribution in [-0.2, 0) is 17.3 Å². The topological polar surface area (TPSA) is 102 Å². The van der Waals surface area contributed by atoms with Crippen LogP contribution in [0.15, 0.2) is 12.1 Å². The number of rotatable bonds is 4. The van der Waals surface area contributed by atoms with Gasteiger partial charge in [-0.05, 0) is 30.7 Å². The van der Waals surface area contributed by atoms with Gasteiger partial charge in [0.25, 0.3) is 0 Å². The van der Waals surface area contributed by atoms with Crippen molar-refractivity contribution in [2.45, 2.75) is 58.0 Å². The van der Waals surface area contributed by atoms with Crippen molar-refractivity contribution in [1.82, 2.24) is 9.78 Å². The fraction of sp³-hybridized carbons (Fsp3) is 0.545. The quantitative estimate of drug-likeness (QED) is 0.465. The van der Waals surface area contributed by atoms with Gasteiger partial charge in [0.05, 0.1) is 22.5 Å². The van der Waals surface area contributed by atoms with Crippen LogP contribution in [0.4, 0.5) is 23.2 Å². The number of ether oxygens (including phenoxy) is 1. The summed E-state index contributed by atoms with van der Waals surface area (Å²) in [5, 5.41) is 16.8. The average molecular weight is 470 g/mol. The lowest BCUT2D eigenvalue weighted by molar-refractivity contribution is -0.141. The number of anilines is 1. The second-order valence-corrected chi connectivity index (χ2v) is 9.39. The molecule has 2 aromatic rings. The van der Waals surface area contributed by atoms with Crippen molar-refractivity contribution in [2.75, 3.05) is 18.5 Å². The number of nitrogens with two attached hydrogens (primary N) is 1. The second kappa shape index (κ2) is 8.37. The van der Waals surface area contributed by atoms with E-state index in [1.54, 1.807) is 13.8 Å². The predicted octanol–water partition coefficient (Wildman–Crippen LogP) is 3.73. The number of hydrogen-bond acceptors (Lipinski definition) is 6. The molecule has 1 atom stereocenters. The summed E-state index contributed by atoms with van der Waals surface area (Å²) in [7, 11) is 0. The minimum Gasteiger partial charge on any atom is -0.382 e. The zero-order valence-electron chi connectivity index (χ0n) is 18.3. The highest BCUT2D eigenvalue weighted by molar-refractivity contribution is 6.00. The Morgan fingerprint density at radius 2 is 1.94 bits per heavy atom. The van der Waals surface area contributed by atoms with Crippen LogP contribution in [-0.4, -0.2) is 39.9 Å². The lowest BCUT2D eigenvalue weighted by Crippen LogP contribution is -2.30. The van der Waals surface area contributed by atoms with Crippen LogP contribution in [0.25, 0.3) is 5.69 Å². The molecule has 0 bridgehead atoms. The molecule has 4 rings (SSSR count). The zero-order chi connectivity index (χ0) is 24.1. The van der Waals surface area contributed by atoms with Crippen molar-refractivity contribution in [1.29, 1.82) is 0 Å². The third-order valence-electron chi connectivity index (χ3n) is 6.05. The Bertz CT molecular complexity index is 1070. The minimum atomic E-state index is -4.85. The van der Waals surface area contributed by atoms with Crippen molar-refractivity contribution in [3.8, 4) is 5.69 Å². The summed E-state index contributed by atoms with van der Waals surface area (Å²) in [6.07, 6.45) is -5.12. The average Bonchev–Trinajstić information content (AvgIpc) is 3.07. The smallest absolute Gasteiger partial charge is 0.382 e. The van der Waals surface area contributed by atoms with E-state index in [4.69, 9.17) is 10.5 Å². The maximum Gasteiger partial charge on any atom is 0.435 e. The van der Waals surface area contributed by atoms with E-state index in [2.05, 4.69) is 10.4 Å². The van der Waals surface area contributed by atoms with Crippen LogP contribution in [0, 0.1) is 11.2 Å². The molecule has 11 heteroatoms. The van der Waals surface area contributed by atoms with Gasteiger partial charge in [0.15, 0.2) is 11.5 Å². The number of ketones is 1. The van der Waals surface area contributed by atoms with Crippen LogP contribution in [0.5, 0.6) is 0 Å². The molecule has 1 aliphatic heterocycles. The molecule has 0 spiro atoms. The van der Waals surface area contributed by atoms with Gasteiger partial charge in [0.1, 0.15) is 12.0 Å². The van der Waals surface area contributed by atoms with Crippen molar-refractivity contribution >= 4 is 11.5 Å². The number of benzene rings is 1. The van der Waals surface area contributed by atoms with E-state index in [0.717, 1.165) is 10.7 Å². The lowest BCUT2D eigenvalue weighted by Gasteiger charge is -2.29. The number of carbonyl (C=O) groups excluding carboxylic acids is 1. The van der Waals surface area contributed by atoms with E-state index in [1.807, 2.05) is 0 Å². The second-order valence-electron chi connectivity index (χ2n) is 9.39. The van der Waals surface area contributed by atoms with E-state index in [0.29, 0.717) is 26.1 Å². The molecule has 1 fully saturated rings. The normalized spacial score (nSPS) is 19.9. The first kappa shape index (κ1) is 23.7. The summed E-state index contributed by atoms with van der Waals surface area (Å²) in [6.45, 7) is 4.56. The number of fused-ring (bicyclic) bond motifs is 1. The predicted molar refractivity (Wildman–Crippen MR) is 112 cm³/mol.